The number of sulfonamides is 2. The van der Waals surface area contributed by atoms with E-state index in [1.54, 1.807) is 0 Å². The molecule has 0 heterocycles. The van der Waals surface area contributed by atoms with Gasteiger partial charge in [0.05, 0.1) is 15.4 Å². The minimum Gasteiger partial charge on any atom is -0.478 e. The van der Waals surface area contributed by atoms with Gasteiger partial charge in [-0.2, -0.15) is 0 Å². The molecule has 0 spiro atoms. The first-order chi connectivity index (χ1) is 11.6. The molecular weight excluding hydrogens is 368 g/mol. The van der Waals surface area contributed by atoms with Crippen LogP contribution >= 0.6 is 0 Å². The van der Waals surface area contributed by atoms with Gasteiger partial charge < -0.3 is 5.11 Å². The zero-order valence-corrected chi connectivity index (χ0v) is 14.5. The van der Waals surface area contributed by atoms with E-state index in [1.807, 2.05) is 30.3 Å². The first-order valence-corrected chi connectivity index (χ1v) is 10.1. The summed E-state index contributed by atoms with van der Waals surface area (Å²) in [5.41, 5.74) is 0.349. The van der Waals surface area contributed by atoms with E-state index in [-0.39, 0.29) is 6.54 Å². The molecule has 0 unspecified atom stereocenters. The maximum Gasteiger partial charge on any atom is 0.337 e. The third-order valence-corrected chi connectivity index (χ3v) is 5.76. The Morgan fingerprint density at radius 3 is 2.24 bits per heavy atom. The molecule has 0 aromatic heterocycles. The van der Waals surface area contributed by atoms with Crippen molar-refractivity contribution in [3.8, 4) is 0 Å². The number of hydrogen-bond acceptors (Lipinski definition) is 5. The molecule has 0 atom stereocenters. The van der Waals surface area contributed by atoms with E-state index in [4.69, 9.17) is 10.2 Å². The van der Waals surface area contributed by atoms with Crippen LogP contribution in [0.4, 0.5) is 0 Å². The Balaban J connectivity index is 2.31. The summed E-state index contributed by atoms with van der Waals surface area (Å²) < 4.78 is 49.9. The molecule has 0 bridgehead atoms. The lowest BCUT2D eigenvalue weighted by Crippen LogP contribution is -2.28. The average Bonchev–Trinajstić information content (AvgIpc) is 2.54. The maximum absolute atomic E-state index is 12.4. The second-order valence-corrected chi connectivity index (χ2v) is 8.44. The Hall–Kier alpha value is -2.27. The quantitative estimate of drug-likeness (QED) is 0.636. The summed E-state index contributed by atoms with van der Waals surface area (Å²) in [4.78, 5) is 10.1. The molecule has 0 aliphatic heterocycles. The van der Waals surface area contributed by atoms with E-state index < -0.39 is 41.4 Å². The van der Waals surface area contributed by atoms with Crippen molar-refractivity contribution in [1.82, 2.24) is 4.72 Å². The van der Waals surface area contributed by atoms with Crippen LogP contribution in [0.2, 0.25) is 0 Å². The number of hydrogen-bond donors (Lipinski definition) is 3. The number of primary sulfonamides is 1. The van der Waals surface area contributed by atoms with E-state index in [9.17, 15) is 21.6 Å². The molecule has 2 rings (SSSR count). The van der Waals surface area contributed by atoms with Gasteiger partial charge in [0.1, 0.15) is 0 Å². The summed E-state index contributed by atoms with van der Waals surface area (Å²) in [6, 6.07) is 11.7. The van der Waals surface area contributed by atoms with Crippen LogP contribution in [0.25, 0.3) is 0 Å². The van der Waals surface area contributed by atoms with Crippen LogP contribution in [0.5, 0.6) is 0 Å². The van der Waals surface area contributed by atoms with E-state index in [2.05, 4.69) is 4.72 Å². The van der Waals surface area contributed by atoms with Crippen LogP contribution in [0.15, 0.2) is 58.3 Å². The second-order valence-electron chi connectivity index (χ2n) is 5.14. The van der Waals surface area contributed by atoms with Gasteiger partial charge in [0.2, 0.25) is 20.0 Å². The molecule has 25 heavy (non-hydrogen) atoms. The molecule has 0 aliphatic rings. The normalized spacial score (nSPS) is 12.0. The first kappa shape index (κ1) is 19.1. The molecule has 0 fully saturated rings. The van der Waals surface area contributed by atoms with Gasteiger partial charge in [-0.3, -0.25) is 0 Å². The van der Waals surface area contributed by atoms with Crippen molar-refractivity contribution in [2.24, 2.45) is 5.14 Å². The third kappa shape index (κ3) is 4.86. The van der Waals surface area contributed by atoms with Crippen LogP contribution in [0.1, 0.15) is 15.9 Å². The molecule has 8 nitrogen and oxygen atoms in total. The minimum atomic E-state index is -4.24. The van der Waals surface area contributed by atoms with E-state index >= 15 is 0 Å². The summed E-state index contributed by atoms with van der Waals surface area (Å²) in [6.07, 6.45) is 0.386. The van der Waals surface area contributed by atoms with Gasteiger partial charge in [0.25, 0.3) is 0 Å². The minimum absolute atomic E-state index is 0.0189. The fourth-order valence-electron chi connectivity index (χ4n) is 2.13. The number of nitrogens with two attached hydrogens (primary N) is 1. The SMILES string of the molecule is NS(=O)(=O)c1ccc(C(=O)O)c(S(=O)(=O)NCCc2ccccc2)c1. The number of carboxylic acid groups (broad SMARTS) is 1. The zero-order chi connectivity index (χ0) is 18.7. The second kappa shape index (κ2) is 7.31. The highest BCUT2D eigenvalue weighted by atomic mass is 32.2. The fraction of sp³-hybridized carbons (Fsp3) is 0.133. The molecule has 0 radical (unpaired) electrons. The molecule has 4 N–H and O–H groups in total. The van der Waals surface area contributed by atoms with Crippen molar-refractivity contribution in [1.29, 1.82) is 0 Å². The number of aromatic carboxylic acids is 1. The third-order valence-electron chi connectivity index (χ3n) is 3.35. The van der Waals surface area contributed by atoms with Crippen molar-refractivity contribution in [2.75, 3.05) is 6.54 Å². The maximum atomic E-state index is 12.4. The van der Waals surface area contributed by atoms with Crippen molar-refractivity contribution >= 4 is 26.0 Å². The lowest BCUT2D eigenvalue weighted by atomic mass is 10.2. The molecule has 0 amide bonds. The topological polar surface area (TPSA) is 144 Å². The Morgan fingerprint density at radius 2 is 1.68 bits per heavy atom. The van der Waals surface area contributed by atoms with Crippen molar-refractivity contribution < 1.29 is 26.7 Å². The van der Waals surface area contributed by atoms with E-state index in [0.717, 1.165) is 23.8 Å². The Kier molecular flexibility index (Phi) is 5.58. The number of benzene rings is 2. The monoisotopic (exact) mass is 384 g/mol. The highest BCUT2D eigenvalue weighted by molar-refractivity contribution is 7.90. The first-order valence-electron chi connectivity index (χ1n) is 7.05. The summed E-state index contributed by atoms with van der Waals surface area (Å²) in [7, 11) is -8.42. The number of carbonyl (C=O) groups is 1. The number of carboxylic acids is 1. The summed E-state index contributed by atoms with van der Waals surface area (Å²) >= 11 is 0. The van der Waals surface area contributed by atoms with Crippen LogP contribution in [0.3, 0.4) is 0 Å². The standard InChI is InChI=1S/C15H16N2O6S2/c16-24(20,21)12-6-7-13(15(18)19)14(10-12)25(22,23)17-9-8-11-4-2-1-3-5-11/h1-7,10,17H,8-9H2,(H,18,19)(H2,16,20,21). The van der Waals surface area contributed by atoms with Crippen LogP contribution in [-0.4, -0.2) is 34.5 Å². The van der Waals surface area contributed by atoms with Crippen LogP contribution in [0, 0.1) is 0 Å². The van der Waals surface area contributed by atoms with Crippen molar-refractivity contribution in [3.05, 3.63) is 59.7 Å². The average molecular weight is 384 g/mol. The van der Waals surface area contributed by atoms with Crippen molar-refractivity contribution in [2.45, 2.75) is 16.2 Å². The summed E-state index contributed by atoms with van der Waals surface area (Å²) in [5, 5.41) is 14.1. The Bertz CT molecular complexity index is 986. The van der Waals surface area contributed by atoms with Gasteiger partial charge in [-0.15, -0.1) is 0 Å². The largest absolute Gasteiger partial charge is 0.478 e. The van der Waals surface area contributed by atoms with Gasteiger partial charge in [-0.1, -0.05) is 30.3 Å². The van der Waals surface area contributed by atoms with Crippen LogP contribution in [-0.2, 0) is 26.5 Å². The lowest BCUT2D eigenvalue weighted by molar-refractivity contribution is 0.0692. The van der Waals surface area contributed by atoms with E-state index in [1.165, 1.54) is 0 Å². The molecule has 0 saturated heterocycles. The highest BCUT2D eigenvalue weighted by Crippen LogP contribution is 2.20. The number of rotatable bonds is 7. The van der Waals surface area contributed by atoms with Crippen LogP contribution < -0.4 is 9.86 Å². The smallest absolute Gasteiger partial charge is 0.337 e. The van der Waals surface area contributed by atoms with E-state index in [0.29, 0.717) is 6.42 Å². The zero-order valence-electron chi connectivity index (χ0n) is 12.9. The Labute approximate surface area is 145 Å². The predicted octanol–water partition coefficient (Wildman–Crippen LogP) is 0.553. The lowest BCUT2D eigenvalue weighted by Gasteiger charge is -2.11. The molecule has 2 aromatic carbocycles. The van der Waals surface area contributed by atoms with Gasteiger partial charge >= 0.3 is 5.97 Å². The van der Waals surface area contributed by atoms with Gasteiger partial charge in [-0.25, -0.2) is 31.5 Å². The molecule has 2 aromatic rings. The molecular formula is C15H16N2O6S2. The molecule has 10 heteroatoms. The molecule has 0 saturated carbocycles. The predicted molar refractivity (Wildman–Crippen MR) is 90.1 cm³/mol. The summed E-state index contributed by atoms with van der Waals surface area (Å²) in [6.45, 7) is 0.0189. The van der Waals surface area contributed by atoms with Gasteiger partial charge in [0.15, 0.2) is 0 Å². The fourth-order valence-corrected chi connectivity index (χ4v) is 4.00. The van der Waals surface area contributed by atoms with Gasteiger partial charge in [-0.05, 0) is 30.2 Å². The summed E-state index contributed by atoms with van der Waals surface area (Å²) in [5.74, 6) is -1.50. The number of nitrogens with one attached hydrogen (secondary N) is 1. The van der Waals surface area contributed by atoms with Gasteiger partial charge in [0, 0.05) is 6.54 Å². The van der Waals surface area contributed by atoms with Crippen molar-refractivity contribution in [3.63, 3.8) is 0 Å². The highest BCUT2D eigenvalue weighted by Gasteiger charge is 2.24. The molecule has 0 aliphatic carbocycles. The molecule has 134 valence electrons. The Morgan fingerprint density at radius 1 is 1.04 bits per heavy atom.